The molecule has 1 fully saturated rings. The summed E-state index contributed by atoms with van der Waals surface area (Å²) in [5.74, 6) is -2.37. The maximum absolute atomic E-state index is 11.9. The van der Waals surface area contributed by atoms with Crippen LogP contribution in [0.15, 0.2) is 0 Å². The van der Waals surface area contributed by atoms with Crippen LogP contribution < -0.4 is 5.32 Å². The normalized spacial score (nSPS) is 20.0. The Hall–Kier alpha value is -1.67. The Morgan fingerprint density at radius 2 is 2.25 bits per heavy atom. The summed E-state index contributed by atoms with van der Waals surface area (Å²) in [5, 5.41) is 20.0. The van der Waals surface area contributed by atoms with E-state index in [0.29, 0.717) is 13.2 Å². The number of nitrogens with zero attached hydrogens (tertiary/aromatic N) is 1. The van der Waals surface area contributed by atoms with Gasteiger partial charge in [-0.05, 0) is 0 Å². The number of rotatable bonds is 8. The number of likely N-dealkylation sites (tertiary alicyclic amines) is 1. The van der Waals surface area contributed by atoms with Crippen LogP contribution in [-0.2, 0) is 19.1 Å². The second-order valence-electron chi connectivity index (χ2n) is 4.65. The maximum Gasteiger partial charge on any atom is 0.326 e. The second-order valence-corrected chi connectivity index (χ2v) is 4.65. The van der Waals surface area contributed by atoms with E-state index in [0.717, 1.165) is 0 Å². The quantitative estimate of drug-likeness (QED) is 0.497. The molecule has 8 nitrogen and oxygen atoms in total. The van der Waals surface area contributed by atoms with Gasteiger partial charge in [0.2, 0.25) is 11.8 Å². The van der Waals surface area contributed by atoms with E-state index in [1.54, 1.807) is 0 Å². The first-order chi connectivity index (χ1) is 9.49. The summed E-state index contributed by atoms with van der Waals surface area (Å²) in [4.78, 5) is 36.0. The van der Waals surface area contributed by atoms with E-state index < -0.39 is 23.8 Å². The highest BCUT2D eigenvalue weighted by Gasteiger charge is 2.35. The third kappa shape index (κ3) is 4.46. The number of ether oxygens (including phenoxy) is 1. The number of carbonyl (C=O) groups is 3. The van der Waals surface area contributed by atoms with Crippen LogP contribution in [0.2, 0.25) is 0 Å². The molecular formula is C12H20N2O6. The molecule has 0 aliphatic carbocycles. The zero-order valence-corrected chi connectivity index (χ0v) is 11.4. The predicted octanol–water partition coefficient (Wildman–Crippen LogP) is -1.57. The number of aliphatic carboxylic acids is 1. The molecule has 3 N–H and O–H groups in total. The molecular weight excluding hydrogens is 268 g/mol. The van der Waals surface area contributed by atoms with Gasteiger partial charge in [-0.15, -0.1) is 0 Å². The Morgan fingerprint density at radius 1 is 1.55 bits per heavy atom. The summed E-state index contributed by atoms with van der Waals surface area (Å²) in [5.41, 5.74) is 0. The number of hydrogen-bond acceptors (Lipinski definition) is 5. The number of hydrogen-bond donors (Lipinski definition) is 3. The highest BCUT2D eigenvalue weighted by molar-refractivity contribution is 5.91. The SMILES string of the molecule is COCCN1CC(C(=O)N[C@@H](CCO)C(=O)O)CC1=O. The molecule has 0 spiro atoms. The van der Waals surface area contributed by atoms with E-state index in [4.69, 9.17) is 14.9 Å². The van der Waals surface area contributed by atoms with Crippen molar-refractivity contribution in [3.05, 3.63) is 0 Å². The molecule has 0 aromatic heterocycles. The van der Waals surface area contributed by atoms with Crippen LogP contribution in [0.4, 0.5) is 0 Å². The van der Waals surface area contributed by atoms with Gasteiger partial charge in [0, 0.05) is 39.6 Å². The Bertz CT molecular complexity index is 373. The molecule has 8 heteroatoms. The molecule has 0 bridgehead atoms. The Balaban J connectivity index is 2.52. The van der Waals surface area contributed by atoms with Crippen molar-refractivity contribution >= 4 is 17.8 Å². The minimum Gasteiger partial charge on any atom is -0.480 e. The number of aliphatic hydroxyl groups is 1. The number of aliphatic hydroxyl groups excluding tert-OH is 1. The van der Waals surface area contributed by atoms with E-state index >= 15 is 0 Å². The van der Waals surface area contributed by atoms with Gasteiger partial charge in [0.15, 0.2) is 0 Å². The first-order valence-corrected chi connectivity index (χ1v) is 6.40. The molecule has 0 aromatic rings. The van der Waals surface area contributed by atoms with E-state index in [-0.39, 0.29) is 31.9 Å². The molecule has 0 saturated carbocycles. The number of nitrogens with one attached hydrogen (secondary N) is 1. The lowest BCUT2D eigenvalue weighted by molar-refractivity contribution is -0.142. The highest BCUT2D eigenvalue weighted by atomic mass is 16.5. The first-order valence-electron chi connectivity index (χ1n) is 6.40. The van der Waals surface area contributed by atoms with E-state index in [2.05, 4.69) is 5.32 Å². The standard InChI is InChI=1S/C12H20N2O6/c1-20-5-3-14-7-8(6-10(14)16)11(17)13-9(2-4-15)12(18)19/h8-9,15H,2-7H2,1H3,(H,13,17)(H,18,19)/t8?,9-/m0/s1. The van der Waals surface area contributed by atoms with Gasteiger partial charge in [-0.25, -0.2) is 4.79 Å². The number of carbonyl (C=O) groups excluding carboxylic acids is 2. The van der Waals surface area contributed by atoms with Gasteiger partial charge in [-0.2, -0.15) is 0 Å². The van der Waals surface area contributed by atoms with Crippen LogP contribution in [0.5, 0.6) is 0 Å². The number of methoxy groups -OCH3 is 1. The fourth-order valence-corrected chi connectivity index (χ4v) is 2.04. The lowest BCUT2D eigenvalue weighted by Gasteiger charge is -2.17. The molecule has 114 valence electrons. The van der Waals surface area contributed by atoms with Crippen molar-refractivity contribution in [2.45, 2.75) is 18.9 Å². The van der Waals surface area contributed by atoms with Crippen molar-refractivity contribution in [3.63, 3.8) is 0 Å². The molecule has 1 aliphatic rings. The lowest BCUT2D eigenvalue weighted by Crippen LogP contribution is -2.44. The van der Waals surface area contributed by atoms with Crippen LogP contribution in [0.25, 0.3) is 0 Å². The Morgan fingerprint density at radius 3 is 2.80 bits per heavy atom. The topological polar surface area (TPSA) is 116 Å². The molecule has 2 amide bonds. The monoisotopic (exact) mass is 288 g/mol. The third-order valence-corrected chi connectivity index (χ3v) is 3.18. The minimum absolute atomic E-state index is 0.0604. The van der Waals surface area contributed by atoms with Gasteiger partial charge in [0.1, 0.15) is 6.04 Å². The van der Waals surface area contributed by atoms with Crippen molar-refractivity contribution in [3.8, 4) is 0 Å². The van der Waals surface area contributed by atoms with E-state index in [9.17, 15) is 14.4 Å². The van der Waals surface area contributed by atoms with Crippen LogP contribution in [-0.4, -0.2) is 72.4 Å². The molecule has 1 unspecified atom stereocenters. The molecule has 0 aromatic carbocycles. The van der Waals surface area contributed by atoms with Crippen LogP contribution in [0.1, 0.15) is 12.8 Å². The molecule has 0 radical (unpaired) electrons. The average molecular weight is 288 g/mol. The van der Waals surface area contributed by atoms with Crippen molar-refractivity contribution in [2.75, 3.05) is 33.4 Å². The summed E-state index contributed by atoms with van der Waals surface area (Å²) < 4.78 is 4.88. The maximum atomic E-state index is 11.9. The largest absolute Gasteiger partial charge is 0.480 e. The summed E-state index contributed by atoms with van der Waals surface area (Å²) in [6, 6.07) is -1.13. The summed E-state index contributed by atoms with van der Waals surface area (Å²) in [7, 11) is 1.52. The molecule has 2 atom stereocenters. The zero-order chi connectivity index (χ0) is 15.1. The zero-order valence-electron chi connectivity index (χ0n) is 11.4. The van der Waals surface area contributed by atoms with E-state index in [1.165, 1.54) is 12.0 Å². The van der Waals surface area contributed by atoms with Gasteiger partial charge in [0.05, 0.1) is 12.5 Å². The average Bonchev–Trinajstić information content (AvgIpc) is 2.77. The van der Waals surface area contributed by atoms with Crippen LogP contribution >= 0.6 is 0 Å². The van der Waals surface area contributed by atoms with Crippen molar-refractivity contribution in [1.29, 1.82) is 0 Å². The van der Waals surface area contributed by atoms with Gasteiger partial charge < -0.3 is 25.2 Å². The number of carboxylic acid groups (broad SMARTS) is 1. The molecule has 20 heavy (non-hydrogen) atoms. The summed E-state index contributed by atoms with van der Waals surface area (Å²) in [6.07, 6.45) is 0.0101. The number of amides is 2. The van der Waals surface area contributed by atoms with E-state index in [1.807, 2.05) is 0 Å². The van der Waals surface area contributed by atoms with Gasteiger partial charge in [0.25, 0.3) is 0 Å². The minimum atomic E-state index is -1.20. The van der Waals surface area contributed by atoms with Crippen LogP contribution in [0.3, 0.4) is 0 Å². The second kappa shape index (κ2) is 7.81. The van der Waals surface area contributed by atoms with Crippen molar-refractivity contribution in [2.24, 2.45) is 5.92 Å². The van der Waals surface area contributed by atoms with Crippen molar-refractivity contribution < 1.29 is 29.3 Å². The molecule has 1 aliphatic heterocycles. The van der Waals surface area contributed by atoms with Gasteiger partial charge >= 0.3 is 5.97 Å². The molecule has 1 rings (SSSR count). The predicted molar refractivity (Wildman–Crippen MR) is 67.8 cm³/mol. The fourth-order valence-electron chi connectivity index (χ4n) is 2.04. The smallest absolute Gasteiger partial charge is 0.326 e. The van der Waals surface area contributed by atoms with Crippen molar-refractivity contribution in [1.82, 2.24) is 10.2 Å². The number of carboxylic acids is 1. The highest BCUT2D eigenvalue weighted by Crippen LogP contribution is 2.17. The van der Waals surface area contributed by atoms with Gasteiger partial charge in [-0.3, -0.25) is 9.59 Å². The third-order valence-electron chi connectivity index (χ3n) is 3.18. The molecule has 1 heterocycles. The fraction of sp³-hybridized carbons (Fsp3) is 0.750. The lowest BCUT2D eigenvalue weighted by atomic mass is 10.1. The summed E-state index contributed by atoms with van der Waals surface area (Å²) >= 11 is 0. The molecule has 1 saturated heterocycles. The Labute approximate surface area is 116 Å². The van der Waals surface area contributed by atoms with Crippen LogP contribution in [0, 0.1) is 5.92 Å². The Kier molecular flexibility index (Phi) is 6.40. The summed E-state index contributed by atoms with van der Waals surface area (Å²) in [6.45, 7) is 0.737. The first kappa shape index (κ1) is 16.4. The van der Waals surface area contributed by atoms with Gasteiger partial charge in [-0.1, -0.05) is 0 Å².